The molecule has 0 spiro atoms. The smallest absolute Gasteiger partial charge is 0.397 e. The second-order valence-corrected chi connectivity index (χ2v) is 7.08. The van der Waals surface area contributed by atoms with E-state index in [2.05, 4.69) is 15.0 Å². The van der Waals surface area contributed by atoms with Gasteiger partial charge in [0.05, 0.1) is 12.3 Å². The summed E-state index contributed by atoms with van der Waals surface area (Å²) in [6.45, 7) is 5.68. The fourth-order valence-electron chi connectivity index (χ4n) is 3.15. The van der Waals surface area contributed by atoms with Gasteiger partial charge in [-0.2, -0.15) is 0 Å². The summed E-state index contributed by atoms with van der Waals surface area (Å²) in [5.41, 5.74) is 3.66. The third-order valence-corrected chi connectivity index (χ3v) is 5.11. The highest BCUT2D eigenvalue weighted by molar-refractivity contribution is 7.14. The molecule has 0 fully saturated rings. The summed E-state index contributed by atoms with van der Waals surface area (Å²) in [5, 5.41) is 4.60. The van der Waals surface area contributed by atoms with E-state index in [0.717, 1.165) is 23.2 Å². The number of amides is 2. The number of nitrogens with zero attached hydrogens (tertiary/aromatic N) is 2. The molecule has 0 bridgehead atoms. The lowest BCUT2D eigenvalue weighted by atomic mass is 10.1. The fraction of sp³-hybridized carbons (Fsp3) is 0.368. The number of carbonyl (C=O) groups is 3. The average Bonchev–Trinajstić information content (AvgIpc) is 3.24. The number of ether oxygens (including phenoxy) is 1. The highest BCUT2D eigenvalue weighted by Crippen LogP contribution is 2.36. The fourth-order valence-corrected chi connectivity index (χ4v) is 3.86. The van der Waals surface area contributed by atoms with Crippen molar-refractivity contribution in [1.29, 1.82) is 0 Å². The topological polar surface area (TPSA) is 88.6 Å². The van der Waals surface area contributed by atoms with E-state index in [1.54, 1.807) is 6.92 Å². The summed E-state index contributed by atoms with van der Waals surface area (Å²) in [7, 11) is 0. The normalized spacial score (nSPS) is 15.4. The van der Waals surface area contributed by atoms with Crippen LogP contribution in [0.1, 0.15) is 32.8 Å². The van der Waals surface area contributed by atoms with Crippen LogP contribution in [0.15, 0.2) is 23.6 Å². The summed E-state index contributed by atoms with van der Waals surface area (Å²) in [6.07, 6.45) is 1.27. The van der Waals surface area contributed by atoms with Crippen LogP contribution in [0.4, 0.5) is 10.8 Å². The zero-order valence-corrected chi connectivity index (χ0v) is 16.3. The Morgan fingerprint density at radius 1 is 1.33 bits per heavy atom. The van der Waals surface area contributed by atoms with Crippen LogP contribution in [-0.2, 0) is 25.5 Å². The van der Waals surface area contributed by atoms with Crippen LogP contribution in [0, 0.1) is 0 Å². The van der Waals surface area contributed by atoms with Gasteiger partial charge in [0.2, 0.25) is 5.91 Å². The Hall–Kier alpha value is -2.74. The van der Waals surface area contributed by atoms with Gasteiger partial charge < -0.3 is 9.64 Å². The number of thiazole rings is 1. The molecule has 8 heteroatoms. The van der Waals surface area contributed by atoms with Gasteiger partial charge in [0.15, 0.2) is 5.13 Å². The van der Waals surface area contributed by atoms with Crippen molar-refractivity contribution in [3.8, 4) is 11.3 Å². The summed E-state index contributed by atoms with van der Waals surface area (Å²) < 4.78 is 4.66. The molecule has 0 unspecified atom stereocenters. The molecule has 7 nitrogen and oxygen atoms in total. The van der Waals surface area contributed by atoms with E-state index in [-0.39, 0.29) is 18.6 Å². The number of rotatable bonds is 4. The van der Waals surface area contributed by atoms with Crippen LogP contribution in [-0.4, -0.2) is 35.4 Å². The summed E-state index contributed by atoms with van der Waals surface area (Å²) in [5.74, 6) is -1.65. The van der Waals surface area contributed by atoms with Crippen LogP contribution in [0.3, 0.4) is 0 Å². The molecule has 1 aliphatic heterocycles. The van der Waals surface area contributed by atoms with E-state index in [4.69, 9.17) is 0 Å². The van der Waals surface area contributed by atoms with Crippen molar-refractivity contribution in [3.63, 3.8) is 0 Å². The predicted molar refractivity (Wildman–Crippen MR) is 104 cm³/mol. The Labute approximate surface area is 161 Å². The highest BCUT2D eigenvalue weighted by atomic mass is 32.1. The number of carbonyl (C=O) groups excluding carboxylic acids is 3. The first-order chi connectivity index (χ1) is 12.9. The lowest BCUT2D eigenvalue weighted by Gasteiger charge is -2.22. The number of fused-ring (bicyclic) bond motifs is 1. The van der Waals surface area contributed by atoms with Gasteiger partial charge in [-0.1, -0.05) is 13.0 Å². The Bertz CT molecular complexity index is 893. The summed E-state index contributed by atoms with van der Waals surface area (Å²) >= 11 is 1.24. The Morgan fingerprint density at radius 2 is 2.11 bits per heavy atom. The van der Waals surface area contributed by atoms with Gasteiger partial charge in [-0.15, -0.1) is 11.3 Å². The molecule has 1 aromatic carbocycles. The second-order valence-electron chi connectivity index (χ2n) is 6.23. The maximum Gasteiger partial charge on any atom is 0.397 e. The Balaban J connectivity index is 1.78. The molecule has 0 radical (unpaired) electrons. The van der Waals surface area contributed by atoms with Crippen LogP contribution in [0.25, 0.3) is 11.3 Å². The maximum atomic E-state index is 12.2. The number of benzene rings is 1. The minimum absolute atomic E-state index is 0.117. The molecule has 27 heavy (non-hydrogen) atoms. The van der Waals surface area contributed by atoms with Crippen molar-refractivity contribution in [2.75, 3.05) is 16.8 Å². The first kappa shape index (κ1) is 19.0. The zero-order chi connectivity index (χ0) is 19.6. The molecule has 2 amide bonds. The Kier molecular flexibility index (Phi) is 5.55. The summed E-state index contributed by atoms with van der Waals surface area (Å²) in [6, 6.07) is 6.02. The molecule has 1 atom stereocenters. The van der Waals surface area contributed by atoms with Crippen molar-refractivity contribution < 1.29 is 19.1 Å². The number of nitrogens with one attached hydrogen (secondary N) is 1. The molecule has 0 saturated heterocycles. The van der Waals surface area contributed by atoms with E-state index in [1.165, 1.54) is 11.3 Å². The number of hydrogen-bond donors (Lipinski definition) is 1. The zero-order valence-electron chi connectivity index (χ0n) is 15.4. The molecule has 142 valence electrons. The monoisotopic (exact) mass is 387 g/mol. The molecular weight excluding hydrogens is 366 g/mol. The molecule has 3 rings (SSSR count). The average molecular weight is 387 g/mol. The van der Waals surface area contributed by atoms with Crippen molar-refractivity contribution in [2.24, 2.45) is 0 Å². The van der Waals surface area contributed by atoms with E-state index in [1.807, 2.05) is 42.3 Å². The van der Waals surface area contributed by atoms with Crippen LogP contribution in [0.2, 0.25) is 0 Å². The van der Waals surface area contributed by atoms with Gasteiger partial charge in [-0.25, -0.2) is 9.78 Å². The SMILES string of the molecule is CCOC(=O)C(=O)Nc1nc(-c2ccc3c(c2)C[C@H](C)N3C(=O)CC)cs1. The van der Waals surface area contributed by atoms with E-state index in [9.17, 15) is 14.4 Å². The number of anilines is 2. The van der Waals surface area contributed by atoms with Gasteiger partial charge in [0, 0.05) is 29.1 Å². The maximum absolute atomic E-state index is 12.2. The highest BCUT2D eigenvalue weighted by Gasteiger charge is 2.30. The Morgan fingerprint density at radius 3 is 2.81 bits per heavy atom. The van der Waals surface area contributed by atoms with Crippen LogP contribution in [0.5, 0.6) is 0 Å². The standard InChI is InChI=1S/C19H21N3O4S/c1-4-16(23)22-11(3)8-13-9-12(6-7-15(13)22)14-10-27-19(20-14)21-17(24)18(25)26-5-2/h6-7,9-11H,4-5,8H2,1-3H3,(H,20,21,24)/t11-/m0/s1. The second kappa shape index (κ2) is 7.87. The molecule has 2 aromatic rings. The van der Waals surface area contributed by atoms with Crippen molar-refractivity contribution in [2.45, 2.75) is 39.7 Å². The third kappa shape index (κ3) is 3.85. The van der Waals surface area contributed by atoms with Gasteiger partial charge in [-0.3, -0.25) is 14.9 Å². The molecule has 1 aromatic heterocycles. The van der Waals surface area contributed by atoms with Crippen molar-refractivity contribution in [1.82, 2.24) is 4.98 Å². The van der Waals surface area contributed by atoms with Gasteiger partial charge in [-0.05, 0) is 38.0 Å². The largest absolute Gasteiger partial charge is 0.459 e. The number of hydrogen-bond acceptors (Lipinski definition) is 6. The summed E-state index contributed by atoms with van der Waals surface area (Å²) in [4.78, 5) is 41.5. The minimum Gasteiger partial charge on any atom is -0.459 e. The van der Waals surface area contributed by atoms with Crippen LogP contribution >= 0.6 is 11.3 Å². The lowest BCUT2D eigenvalue weighted by molar-refractivity contribution is -0.152. The van der Waals surface area contributed by atoms with Crippen molar-refractivity contribution >= 4 is 39.9 Å². The van der Waals surface area contributed by atoms with Crippen molar-refractivity contribution in [3.05, 3.63) is 29.1 Å². The van der Waals surface area contributed by atoms with Gasteiger partial charge >= 0.3 is 11.9 Å². The molecular formula is C19H21N3O4S. The van der Waals surface area contributed by atoms with Gasteiger partial charge in [0.1, 0.15) is 0 Å². The first-order valence-corrected chi connectivity index (χ1v) is 9.71. The number of esters is 1. The molecule has 0 saturated carbocycles. The third-order valence-electron chi connectivity index (χ3n) is 4.35. The molecule has 1 aliphatic rings. The van der Waals surface area contributed by atoms with E-state index in [0.29, 0.717) is 17.2 Å². The van der Waals surface area contributed by atoms with E-state index >= 15 is 0 Å². The molecule has 1 N–H and O–H groups in total. The lowest BCUT2D eigenvalue weighted by Crippen LogP contribution is -2.35. The molecule has 2 heterocycles. The quantitative estimate of drug-likeness (QED) is 0.644. The molecule has 0 aliphatic carbocycles. The van der Waals surface area contributed by atoms with Crippen LogP contribution < -0.4 is 10.2 Å². The van der Waals surface area contributed by atoms with Gasteiger partial charge in [0.25, 0.3) is 0 Å². The minimum atomic E-state index is -0.929. The predicted octanol–water partition coefficient (Wildman–Crippen LogP) is 3.00. The van der Waals surface area contributed by atoms with E-state index < -0.39 is 11.9 Å². The first-order valence-electron chi connectivity index (χ1n) is 8.83. The number of aromatic nitrogens is 1.